The van der Waals surface area contributed by atoms with E-state index in [9.17, 15) is 0 Å². The summed E-state index contributed by atoms with van der Waals surface area (Å²) in [6.07, 6.45) is 3.59. The maximum absolute atomic E-state index is 4.81. The molecule has 0 bridgehead atoms. The Kier molecular flexibility index (Phi) is 6.01. The second-order valence-electron chi connectivity index (χ2n) is 3.56. The van der Waals surface area contributed by atoms with Crippen LogP contribution in [0.15, 0.2) is 45.6 Å². The van der Waals surface area contributed by atoms with Crippen LogP contribution in [-0.2, 0) is 15.9 Å². The number of fused-ring (bicyclic) bond motifs is 3. The van der Waals surface area contributed by atoms with Gasteiger partial charge < -0.3 is 0 Å². The molecule has 0 amide bonds. The van der Waals surface area contributed by atoms with Gasteiger partial charge in [-0.05, 0) is 44.0 Å². The average Bonchev–Trinajstić information content (AvgIpc) is 2.39. The standard InChI is InChI=1S/C12H6Br2N2.2ClH.Pd/c13-9-3-7-1-2-8-4-10(14)6-16-12(8)11(7)15-5-9;;;/h1-6H;2*1H;/q;;;+2/p-2. The van der Waals surface area contributed by atoms with Crippen molar-refractivity contribution in [1.82, 2.24) is 9.97 Å². The van der Waals surface area contributed by atoms with Crippen LogP contribution in [0.5, 0.6) is 0 Å². The van der Waals surface area contributed by atoms with Crippen molar-refractivity contribution in [2.45, 2.75) is 0 Å². The summed E-state index contributed by atoms with van der Waals surface area (Å²) in [7, 11) is 9.63. The first-order valence-electron chi connectivity index (χ1n) is 4.97. The molecular weight excluding hydrogens is 509 g/mol. The van der Waals surface area contributed by atoms with Gasteiger partial charge in [0.15, 0.2) is 0 Å². The van der Waals surface area contributed by atoms with E-state index in [2.05, 4.69) is 54.0 Å². The third-order valence-electron chi connectivity index (χ3n) is 2.43. The molecule has 0 N–H and O–H groups in total. The van der Waals surface area contributed by atoms with Crippen LogP contribution in [0, 0.1) is 0 Å². The van der Waals surface area contributed by atoms with E-state index in [0.29, 0.717) is 0 Å². The first-order chi connectivity index (χ1) is 9.15. The second kappa shape index (κ2) is 7.31. The normalized spacial score (nSPS) is 10.5. The maximum atomic E-state index is 4.81. The molecule has 3 rings (SSSR count). The van der Waals surface area contributed by atoms with Gasteiger partial charge >= 0.3 is 35.0 Å². The molecule has 1 aromatic carbocycles. The molecule has 3 aromatic rings. The van der Waals surface area contributed by atoms with Gasteiger partial charge in [-0.1, -0.05) is 12.1 Å². The zero-order valence-corrected chi connectivity index (χ0v) is 15.4. The summed E-state index contributed by atoms with van der Waals surface area (Å²) in [5.74, 6) is 0. The van der Waals surface area contributed by atoms with Crippen LogP contribution in [0.2, 0.25) is 0 Å². The number of halogens is 4. The Labute approximate surface area is 143 Å². The molecule has 102 valence electrons. The molecule has 0 saturated carbocycles. The van der Waals surface area contributed by atoms with E-state index in [4.69, 9.17) is 19.1 Å². The molecule has 2 aromatic heterocycles. The molecular formula is C12H6Br2Cl2N2Pd. The van der Waals surface area contributed by atoms with Crippen molar-refractivity contribution in [2.24, 2.45) is 0 Å². The fraction of sp³-hybridized carbons (Fsp3) is 0. The first-order valence-corrected chi connectivity index (χ1v) is 10.6. The Morgan fingerprint density at radius 1 is 0.842 bits per heavy atom. The number of benzene rings is 1. The van der Waals surface area contributed by atoms with E-state index in [1.54, 1.807) is 12.4 Å². The van der Waals surface area contributed by atoms with Gasteiger partial charge in [0.1, 0.15) is 0 Å². The molecule has 2 heterocycles. The quantitative estimate of drug-likeness (QED) is 0.284. The first kappa shape index (κ1) is 15.6. The predicted octanol–water partition coefficient (Wildman–Crippen LogP) is 5.68. The number of nitrogens with zero attached hydrogens (tertiary/aromatic N) is 2. The number of hydrogen-bond donors (Lipinski definition) is 0. The Morgan fingerprint density at radius 2 is 1.21 bits per heavy atom. The molecule has 0 aliphatic heterocycles. The Bertz CT molecular complexity index is 664. The summed E-state index contributed by atoms with van der Waals surface area (Å²) in [6.45, 7) is 0. The van der Waals surface area contributed by atoms with Crippen LogP contribution in [0.1, 0.15) is 0 Å². The van der Waals surface area contributed by atoms with Crippen LogP contribution in [0.4, 0.5) is 0 Å². The van der Waals surface area contributed by atoms with Gasteiger partial charge in [0, 0.05) is 32.1 Å². The van der Waals surface area contributed by atoms with Crippen molar-refractivity contribution in [2.75, 3.05) is 0 Å². The van der Waals surface area contributed by atoms with Crippen molar-refractivity contribution in [1.29, 1.82) is 0 Å². The number of aromatic nitrogens is 2. The van der Waals surface area contributed by atoms with E-state index in [0.717, 1.165) is 30.8 Å². The van der Waals surface area contributed by atoms with Gasteiger partial charge in [0.05, 0.1) is 11.0 Å². The van der Waals surface area contributed by atoms with Crippen LogP contribution in [-0.4, -0.2) is 9.97 Å². The molecule has 0 radical (unpaired) electrons. The van der Waals surface area contributed by atoms with E-state index >= 15 is 0 Å². The number of hydrogen-bond acceptors (Lipinski definition) is 2. The summed E-state index contributed by atoms with van der Waals surface area (Å²) in [5.41, 5.74) is 1.88. The second-order valence-corrected chi connectivity index (χ2v) is 7.75. The zero-order valence-electron chi connectivity index (χ0n) is 9.19. The summed E-state index contributed by atoms with van der Waals surface area (Å²) in [6, 6.07) is 8.21. The number of rotatable bonds is 0. The zero-order chi connectivity index (χ0) is 13.8. The van der Waals surface area contributed by atoms with Crippen LogP contribution < -0.4 is 0 Å². The van der Waals surface area contributed by atoms with Crippen LogP contribution in [0.25, 0.3) is 21.8 Å². The van der Waals surface area contributed by atoms with Crippen molar-refractivity contribution in [3.05, 3.63) is 45.6 Å². The molecule has 0 unspecified atom stereocenters. The third-order valence-corrected chi connectivity index (χ3v) is 3.30. The van der Waals surface area contributed by atoms with E-state index < -0.39 is 0 Å². The molecule has 7 heteroatoms. The van der Waals surface area contributed by atoms with Gasteiger partial charge in [-0.2, -0.15) is 0 Å². The van der Waals surface area contributed by atoms with E-state index in [-0.39, 0.29) is 15.9 Å². The minimum absolute atomic E-state index is 0.106. The van der Waals surface area contributed by atoms with Gasteiger partial charge in [-0.15, -0.1) is 0 Å². The predicted molar refractivity (Wildman–Crippen MR) is 84.2 cm³/mol. The van der Waals surface area contributed by atoms with E-state index in [1.165, 1.54) is 0 Å². The summed E-state index contributed by atoms with van der Waals surface area (Å²) in [5, 5.41) is 2.19. The minimum atomic E-state index is -0.106. The topological polar surface area (TPSA) is 25.8 Å². The fourth-order valence-electron chi connectivity index (χ4n) is 1.74. The van der Waals surface area contributed by atoms with Crippen molar-refractivity contribution in [3.8, 4) is 0 Å². The molecule has 0 fully saturated rings. The molecule has 0 saturated heterocycles. The Hall–Kier alpha value is 0.242. The third kappa shape index (κ3) is 3.87. The summed E-state index contributed by atoms with van der Waals surface area (Å²) >= 11 is 6.73. The van der Waals surface area contributed by atoms with E-state index in [1.807, 2.05) is 12.1 Å². The van der Waals surface area contributed by atoms with Crippen LogP contribution >= 0.6 is 50.9 Å². The van der Waals surface area contributed by atoms with Gasteiger partial charge in [-0.3, -0.25) is 9.97 Å². The van der Waals surface area contributed by atoms with Gasteiger partial charge in [0.25, 0.3) is 0 Å². The monoisotopic (exact) mass is 512 g/mol. The molecule has 0 atom stereocenters. The van der Waals surface area contributed by atoms with Crippen LogP contribution in [0.3, 0.4) is 0 Å². The molecule has 0 spiro atoms. The van der Waals surface area contributed by atoms with Crippen molar-refractivity contribution >= 4 is 72.7 Å². The van der Waals surface area contributed by atoms with Crippen molar-refractivity contribution < 1.29 is 15.9 Å². The van der Waals surface area contributed by atoms with Gasteiger partial charge in [0.2, 0.25) is 0 Å². The summed E-state index contributed by atoms with van der Waals surface area (Å²) in [4.78, 5) is 8.83. The molecule has 2 nitrogen and oxygen atoms in total. The Morgan fingerprint density at radius 3 is 1.58 bits per heavy atom. The molecule has 19 heavy (non-hydrogen) atoms. The average molecular weight is 515 g/mol. The molecule has 0 aliphatic carbocycles. The van der Waals surface area contributed by atoms with Crippen molar-refractivity contribution in [3.63, 3.8) is 0 Å². The summed E-state index contributed by atoms with van der Waals surface area (Å²) < 4.78 is 1.97. The van der Waals surface area contributed by atoms with Gasteiger partial charge in [-0.25, -0.2) is 0 Å². The fourth-order valence-corrected chi connectivity index (χ4v) is 2.44. The number of pyridine rings is 2. The molecule has 0 aliphatic rings. The Balaban J connectivity index is 0.000000408. The SMILES string of the molecule is Brc1cnc2c(ccc3cc(Br)cnc32)c1.[Cl][Pd][Cl].